The minimum atomic E-state index is -0.192. The van der Waals surface area contributed by atoms with Crippen molar-refractivity contribution in [2.24, 2.45) is 0 Å². The summed E-state index contributed by atoms with van der Waals surface area (Å²) in [5.41, 5.74) is 0. The molecule has 2 rings (SSSR count). The maximum absolute atomic E-state index is 11.2. The third kappa shape index (κ3) is 5.36. The maximum atomic E-state index is 11.2. The SMILES string of the molecule is COC(=O)Cc1ccc(CNC(C)CCc2ccco2)s1. The van der Waals surface area contributed by atoms with E-state index in [0.717, 1.165) is 30.0 Å². The Bertz CT molecular complexity index is 548. The van der Waals surface area contributed by atoms with Crippen molar-refractivity contribution in [1.82, 2.24) is 5.32 Å². The molecule has 0 radical (unpaired) electrons. The van der Waals surface area contributed by atoms with Gasteiger partial charge in [-0.25, -0.2) is 0 Å². The number of carbonyl (C=O) groups is 1. The number of hydrogen-bond donors (Lipinski definition) is 1. The Morgan fingerprint density at radius 2 is 2.19 bits per heavy atom. The Balaban J connectivity index is 1.71. The minimum absolute atomic E-state index is 0.192. The van der Waals surface area contributed by atoms with Gasteiger partial charge in [0, 0.05) is 28.8 Å². The van der Waals surface area contributed by atoms with Crippen LogP contribution in [0.1, 0.15) is 28.9 Å². The Morgan fingerprint density at radius 3 is 2.90 bits per heavy atom. The van der Waals surface area contributed by atoms with E-state index in [1.54, 1.807) is 17.6 Å². The van der Waals surface area contributed by atoms with Gasteiger partial charge < -0.3 is 14.5 Å². The molecule has 1 unspecified atom stereocenters. The zero-order chi connectivity index (χ0) is 15.1. The Morgan fingerprint density at radius 1 is 1.38 bits per heavy atom. The summed E-state index contributed by atoms with van der Waals surface area (Å²) in [7, 11) is 1.42. The molecular weight excluding hydrogens is 286 g/mol. The molecule has 0 aromatic carbocycles. The number of esters is 1. The molecule has 1 N–H and O–H groups in total. The Hall–Kier alpha value is -1.59. The lowest BCUT2D eigenvalue weighted by atomic mass is 10.1. The Labute approximate surface area is 129 Å². The van der Waals surface area contributed by atoms with E-state index >= 15 is 0 Å². The largest absolute Gasteiger partial charge is 0.469 e. The molecule has 1 atom stereocenters. The maximum Gasteiger partial charge on any atom is 0.310 e. The number of thiophene rings is 1. The number of aryl methyl sites for hydroxylation is 1. The number of hydrogen-bond acceptors (Lipinski definition) is 5. The van der Waals surface area contributed by atoms with Crippen LogP contribution in [-0.2, 0) is 28.9 Å². The first-order valence-corrected chi connectivity index (χ1v) is 7.89. The van der Waals surface area contributed by atoms with Crippen LogP contribution in [0.5, 0.6) is 0 Å². The van der Waals surface area contributed by atoms with Crippen LogP contribution in [-0.4, -0.2) is 19.1 Å². The van der Waals surface area contributed by atoms with E-state index in [2.05, 4.69) is 23.0 Å². The van der Waals surface area contributed by atoms with Crippen molar-refractivity contribution in [3.8, 4) is 0 Å². The van der Waals surface area contributed by atoms with Crippen LogP contribution in [0.25, 0.3) is 0 Å². The van der Waals surface area contributed by atoms with Gasteiger partial charge in [-0.3, -0.25) is 4.79 Å². The van der Waals surface area contributed by atoms with Gasteiger partial charge in [0.2, 0.25) is 0 Å². The fourth-order valence-corrected chi connectivity index (χ4v) is 2.97. The Kier molecular flexibility index (Phi) is 6.02. The standard InChI is InChI=1S/C16H21NO3S/c1-12(5-6-13-4-3-9-20-13)17-11-15-8-7-14(21-15)10-16(18)19-2/h3-4,7-9,12,17H,5-6,10-11H2,1-2H3. The summed E-state index contributed by atoms with van der Waals surface area (Å²) in [6.45, 7) is 3.00. The molecule has 114 valence electrons. The van der Waals surface area contributed by atoms with Crippen LogP contribution in [0.15, 0.2) is 34.9 Å². The normalized spacial score (nSPS) is 12.3. The monoisotopic (exact) mass is 307 g/mol. The number of methoxy groups -OCH3 is 1. The third-order valence-corrected chi connectivity index (χ3v) is 4.38. The summed E-state index contributed by atoms with van der Waals surface area (Å²) in [5, 5.41) is 3.49. The van der Waals surface area contributed by atoms with Gasteiger partial charge in [-0.2, -0.15) is 0 Å². The summed E-state index contributed by atoms with van der Waals surface area (Å²) >= 11 is 1.65. The van der Waals surface area contributed by atoms with Gasteiger partial charge in [0.15, 0.2) is 0 Å². The van der Waals surface area contributed by atoms with Gasteiger partial charge in [-0.05, 0) is 37.6 Å². The molecule has 0 amide bonds. The van der Waals surface area contributed by atoms with E-state index < -0.39 is 0 Å². The molecule has 5 heteroatoms. The lowest BCUT2D eigenvalue weighted by molar-refractivity contribution is -0.139. The van der Waals surface area contributed by atoms with Gasteiger partial charge in [-0.1, -0.05) is 0 Å². The molecule has 4 nitrogen and oxygen atoms in total. The fourth-order valence-electron chi connectivity index (χ4n) is 2.02. The number of furan rings is 1. The highest BCUT2D eigenvalue weighted by Crippen LogP contribution is 2.17. The van der Waals surface area contributed by atoms with Crippen molar-refractivity contribution in [2.75, 3.05) is 7.11 Å². The topological polar surface area (TPSA) is 51.5 Å². The van der Waals surface area contributed by atoms with Crippen LogP contribution in [0, 0.1) is 0 Å². The zero-order valence-electron chi connectivity index (χ0n) is 12.4. The quantitative estimate of drug-likeness (QED) is 0.761. The lowest BCUT2D eigenvalue weighted by Crippen LogP contribution is -2.25. The summed E-state index contributed by atoms with van der Waals surface area (Å²) in [5.74, 6) is 0.836. The van der Waals surface area contributed by atoms with Crippen molar-refractivity contribution >= 4 is 17.3 Å². The number of rotatable bonds is 8. The van der Waals surface area contributed by atoms with Crippen molar-refractivity contribution in [3.05, 3.63) is 46.0 Å². The first kappa shape index (κ1) is 15.8. The molecule has 0 bridgehead atoms. The van der Waals surface area contributed by atoms with E-state index in [9.17, 15) is 4.79 Å². The van der Waals surface area contributed by atoms with Crippen molar-refractivity contribution in [3.63, 3.8) is 0 Å². The molecule has 0 aliphatic carbocycles. The second-order valence-electron chi connectivity index (χ2n) is 5.02. The molecule has 0 fully saturated rings. The van der Waals surface area contributed by atoms with Crippen LogP contribution >= 0.6 is 11.3 Å². The number of nitrogens with one attached hydrogen (secondary N) is 1. The third-order valence-electron chi connectivity index (χ3n) is 3.29. The predicted molar refractivity (Wildman–Crippen MR) is 83.4 cm³/mol. The molecule has 2 aromatic heterocycles. The molecule has 0 spiro atoms. The first-order valence-electron chi connectivity index (χ1n) is 7.07. The van der Waals surface area contributed by atoms with Crippen LogP contribution in [0.3, 0.4) is 0 Å². The molecule has 2 heterocycles. The second-order valence-corrected chi connectivity index (χ2v) is 6.27. The number of ether oxygens (including phenoxy) is 1. The smallest absolute Gasteiger partial charge is 0.310 e. The summed E-state index contributed by atoms with van der Waals surface area (Å²) < 4.78 is 10.0. The molecule has 21 heavy (non-hydrogen) atoms. The van der Waals surface area contributed by atoms with E-state index in [1.807, 2.05) is 18.2 Å². The van der Waals surface area contributed by atoms with E-state index in [0.29, 0.717) is 12.5 Å². The minimum Gasteiger partial charge on any atom is -0.469 e. The van der Waals surface area contributed by atoms with E-state index in [4.69, 9.17) is 4.42 Å². The highest BCUT2D eigenvalue weighted by molar-refractivity contribution is 7.12. The van der Waals surface area contributed by atoms with Crippen molar-refractivity contribution < 1.29 is 13.9 Å². The van der Waals surface area contributed by atoms with Gasteiger partial charge in [0.1, 0.15) is 5.76 Å². The zero-order valence-corrected chi connectivity index (χ0v) is 13.2. The second kappa shape index (κ2) is 8.00. The molecule has 0 aliphatic heterocycles. The fraction of sp³-hybridized carbons (Fsp3) is 0.438. The van der Waals surface area contributed by atoms with Crippen molar-refractivity contribution in [1.29, 1.82) is 0 Å². The number of carbonyl (C=O) groups excluding carboxylic acids is 1. The van der Waals surface area contributed by atoms with Gasteiger partial charge in [0.25, 0.3) is 0 Å². The molecular formula is C16H21NO3S. The average molecular weight is 307 g/mol. The van der Waals surface area contributed by atoms with Crippen molar-refractivity contribution in [2.45, 2.75) is 38.8 Å². The van der Waals surface area contributed by atoms with Gasteiger partial charge >= 0.3 is 5.97 Å². The molecule has 0 saturated heterocycles. The lowest BCUT2D eigenvalue weighted by Gasteiger charge is -2.12. The van der Waals surface area contributed by atoms with E-state index in [1.165, 1.54) is 12.0 Å². The van der Waals surface area contributed by atoms with Crippen LogP contribution < -0.4 is 5.32 Å². The molecule has 0 saturated carbocycles. The van der Waals surface area contributed by atoms with E-state index in [-0.39, 0.29) is 5.97 Å². The summed E-state index contributed by atoms with van der Waals surface area (Å²) in [6, 6.07) is 8.40. The molecule has 2 aromatic rings. The summed E-state index contributed by atoms with van der Waals surface area (Å²) in [6.07, 6.45) is 4.05. The van der Waals surface area contributed by atoms with Gasteiger partial charge in [-0.15, -0.1) is 11.3 Å². The van der Waals surface area contributed by atoms with Crippen LogP contribution in [0.4, 0.5) is 0 Å². The van der Waals surface area contributed by atoms with Gasteiger partial charge in [0.05, 0.1) is 19.8 Å². The highest BCUT2D eigenvalue weighted by atomic mass is 32.1. The predicted octanol–water partition coefficient (Wildman–Crippen LogP) is 3.17. The average Bonchev–Trinajstić information content (AvgIpc) is 3.14. The highest BCUT2D eigenvalue weighted by Gasteiger charge is 2.08. The molecule has 0 aliphatic rings. The van der Waals surface area contributed by atoms with Crippen LogP contribution in [0.2, 0.25) is 0 Å². The summed E-state index contributed by atoms with van der Waals surface area (Å²) in [4.78, 5) is 13.5. The first-order chi connectivity index (χ1) is 10.2.